The number of nitrogens with zero attached hydrogens (tertiary/aromatic N) is 4. The summed E-state index contributed by atoms with van der Waals surface area (Å²) in [6, 6.07) is 8.23. The fourth-order valence-corrected chi connectivity index (χ4v) is 4.94. The molecule has 3 aromatic rings. The summed E-state index contributed by atoms with van der Waals surface area (Å²) in [6.45, 7) is 0.863. The van der Waals surface area contributed by atoms with E-state index >= 15 is 0 Å². The number of hydrogen-bond donors (Lipinski definition) is 1. The number of carboxylic acids is 1. The number of halogens is 3. The van der Waals surface area contributed by atoms with E-state index < -0.39 is 17.9 Å². The van der Waals surface area contributed by atoms with Crippen molar-refractivity contribution in [3.8, 4) is 0 Å². The van der Waals surface area contributed by atoms with Crippen LogP contribution in [0, 0.1) is 0 Å². The van der Waals surface area contributed by atoms with E-state index in [1.165, 1.54) is 11.3 Å². The standard InChI is InChI=1S/C20H17F3N4O2S2/c1-27-6-2-3-11-7-15(13(18(28)29)9-16(11)27)25-26-19-24-14-5-4-12(8-17(14)31-19)30-10-20(21,22)23/h4-5,7-9H,2-3,6,10H2,1H3,(H,28,29). The molecule has 2 aromatic carbocycles. The Morgan fingerprint density at radius 1 is 1.29 bits per heavy atom. The predicted octanol–water partition coefficient (Wildman–Crippen LogP) is 6.45. The van der Waals surface area contributed by atoms with Crippen molar-refractivity contribution >= 4 is 55.8 Å². The highest BCUT2D eigenvalue weighted by Gasteiger charge is 2.27. The summed E-state index contributed by atoms with van der Waals surface area (Å²) in [7, 11) is 1.92. The first-order valence-corrected chi connectivity index (χ1v) is 11.1. The highest BCUT2D eigenvalue weighted by atomic mass is 32.2. The first-order chi connectivity index (χ1) is 14.7. The van der Waals surface area contributed by atoms with E-state index in [4.69, 9.17) is 0 Å². The van der Waals surface area contributed by atoms with Crippen LogP contribution in [0.15, 0.2) is 45.5 Å². The van der Waals surface area contributed by atoms with E-state index in [0.29, 0.717) is 32.0 Å². The molecule has 162 valence electrons. The molecule has 0 saturated heterocycles. The third kappa shape index (κ3) is 4.99. The number of fused-ring (bicyclic) bond motifs is 2. The van der Waals surface area contributed by atoms with Gasteiger partial charge in [0.15, 0.2) is 0 Å². The topological polar surface area (TPSA) is 78.2 Å². The van der Waals surface area contributed by atoms with Gasteiger partial charge in [-0.3, -0.25) is 0 Å². The fraction of sp³-hybridized carbons (Fsp3) is 0.300. The highest BCUT2D eigenvalue weighted by Crippen LogP contribution is 2.36. The number of aromatic carboxylic acids is 1. The van der Waals surface area contributed by atoms with Crippen LogP contribution in [0.5, 0.6) is 0 Å². The molecule has 6 nitrogen and oxygen atoms in total. The van der Waals surface area contributed by atoms with Crippen molar-refractivity contribution in [1.29, 1.82) is 0 Å². The lowest BCUT2D eigenvalue weighted by Gasteiger charge is -2.28. The molecule has 0 bridgehead atoms. The van der Waals surface area contributed by atoms with E-state index in [0.717, 1.165) is 30.6 Å². The van der Waals surface area contributed by atoms with Crippen molar-refractivity contribution < 1.29 is 23.1 Å². The average molecular weight is 467 g/mol. The lowest BCUT2D eigenvalue weighted by molar-refractivity contribution is -0.105. The van der Waals surface area contributed by atoms with Gasteiger partial charge in [-0.25, -0.2) is 9.78 Å². The van der Waals surface area contributed by atoms with Gasteiger partial charge in [0, 0.05) is 24.2 Å². The molecule has 31 heavy (non-hydrogen) atoms. The Bertz CT molecular complexity index is 1180. The maximum Gasteiger partial charge on any atom is 0.398 e. The number of thiazole rings is 1. The van der Waals surface area contributed by atoms with Crippen molar-refractivity contribution in [1.82, 2.24) is 4.98 Å². The molecule has 11 heteroatoms. The second-order valence-corrected chi connectivity index (χ2v) is 9.12. The molecule has 0 saturated carbocycles. The van der Waals surface area contributed by atoms with Crippen LogP contribution >= 0.6 is 23.1 Å². The predicted molar refractivity (Wildman–Crippen MR) is 116 cm³/mol. The number of aryl methyl sites for hydroxylation is 1. The van der Waals surface area contributed by atoms with Gasteiger partial charge in [0.25, 0.3) is 0 Å². The number of rotatable bonds is 5. The zero-order valence-electron chi connectivity index (χ0n) is 16.3. The van der Waals surface area contributed by atoms with Crippen LogP contribution in [0.25, 0.3) is 10.2 Å². The molecule has 0 radical (unpaired) electrons. The van der Waals surface area contributed by atoms with Crippen LogP contribution in [0.1, 0.15) is 22.3 Å². The van der Waals surface area contributed by atoms with Crippen molar-refractivity contribution in [3.63, 3.8) is 0 Å². The molecule has 1 N–H and O–H groups in total. The number of aromatic nitrogens is 1. The third-order valence-corrected chi connectivity index (χ3v) is 6.73. The average Bonchev–Trinajstić information content (AvgIpc) is 3.12. The van der Waals surface area contributed by atoms with Gasteiger partial charge in [0.05, 0.1) is 21.5 Å². The van der Waals surface area contributed by atoms with Crippen molar-refractivity contribution in [2.24, 2.45) is 10.2 Å². The molecular formula is C20H17F3N4O2S2. The van der Waals surface area contributed by atoms with Crippen molar-refractivity contribution in [2.45, 2.75) is 23.9 Å². The van der Waals surface area contributed by atoms with Gasteiger partial charge in [-0.15, -0.1) is 22.0 Å². The molecule has 0 amide bonds. The molecule has 0 fully saturated rings. The van der Waals surface area contributed by atoms with Crippen LogP contribution < -0.4 is 4.90 Å². The van der Waals surface area contributed by atoms with Gasteiger partial charge in [0.1, 0.15) is 5.69 Å². The van der Waals surface area contributed by atoms with E-state index in [9.17, 15) is 23.1 Å². The Balaban J connectivity index is 1.61. The van der Waals surface area contributed by atoms with Crippen molar-refractivity contribution in [3.05, 3.63) is 41.5 Å². The van der Waals surface area contributed by atoms with E-state index in [1.54, 1.807) is 30.3 Å². The number of alkyl halides is 3. The summed E-state index contributed by atoms with van der Waals surface area (Å²) in [4.78, 5) is 18.6. The number of thioether (sulfide) groups is 1. The summed E-state index contributed by atoms with van der Waals surface area (Å²) in [5.74, 6) is -2.05. The Hall–Kier alpha value is -2.66. The van der Waals surface area contributed by atoms with Crippen LogP contribution in [-0.2, 0) is 6.42 Å². The lowest BCUT2D eigenvalue weighted by atomic mass is 9.98. The molecule has 0 atom stereocenters. The van der Waals surface area contributed by atoms with E-state index in [2.05, 4.69) is 15.2 Å². The molecule has 2 heterocycles. The minimum absolute atomic E-state index is 0.0585. The normalized spacial score (nSPS) is 14.4. The Morgan fingerprint density at radius 2 is 2.10 bits per heavy atom. The minimum Gasteiger partial charge on any atom is -0.478 e. The molecule has 0 aliphatic carbocycles. The van der Waals surface area contributed by atoms with Gasteiger partial charge >= 0.3 is 12.1 Å². The second-order valence-electron chi connectivity index (χ2n) is 7.06. The maximum absolute atomic E-state index is 12.4. The first-order valence-electron chi connectivity index (χ1n) is 9.33. The SMILES string of the molecule is CN1CCCc2cc(N=Nc3nc4ccc(SCC(F)(F)F)cc4s3)c(C(=O)O)cc21. The molecule has 1 aromatic heterocycles. The molecule has 4 rings (SSSR count). The zero-order chi connectivity index (χ0) is 22.2. The quantitative estimate of drug-likeness (QED) is 0.345. The summed E-state index contributed by atoms with van der Waals surface area (Å²) in [5.41, 5.74) is 2.81. The van der Waals surface area contributed by atoms with Crippen molar-refractivity contribution in [2.75, 3.05) is 24.2 Å². The number of carboxylic acid groups (broad SMARTS) is 1. The molecular weight excluding hydrogens is 449 g/mol. The van der Waals surface area contributed by atoms with E-state index in [-0.39, 0.29) is 11.3 Å². The highest BCUT2D eigenvalue weighted by molar-refractivity contribution is 7.99. The van der Waals surface area contributed by atoms with Gasteiger partial charge in [-0.1, -0.05) is 11.3 Å². The van der Waals surface area contributed by atoms with Crippen LogP contribution in [0.3, 0.4) is 0 Å². The zero-order valence-corrected chi connectivity index (χ0v) is 17.9. The Kier molecular flexibility index (Phi) is 5.89. The monoisotopic (exact) mass is 466 g/mol. The molecule has 1 aliphatic heterocycles. The maximum atomic E-state index is 12.4. The van der Waals surface area contributed by atoms with E-state index in [1.807, 2.05) is 11.9 Å². The summed E-state index contributed by atoms with van der Waals surface area (Å²) in [6.07, 6.45) is -2.43. The summed E-state index contributed by atoms with van der Waals surface area (Å²) < 4.78 is 38.0. The minimum atomic E-state index is -4.24. The number of azo groups is 1. The fourth-order valence-electron chi connectivity index (χ4n) is 3.34. The number of hydrogen-bond acceptors (Lipinski definition) is 7. The van der Waals surface area contributed by atoms with Gasteiger partial charge in [-0.2, -0.15) is 13.2 Å². The smallest absolute Gasteiger partial charge is 0.398 e. The number of benzene rings is 2. The lowest BCUT2D eigenvalue weighted by Crippen LogP contribution is -2.25. The molecule has 1 aliphatic rings. The Labute approximate surface area is 183 Å². The summed E-state index contributed by atoms with van der Waals surface area (Å²) in [5, 5.41) is 18.1. The van der Waals surface area contributed by atoms with Crippen LogP contribution in [0.2, 0.25) is 0 Å². The van der Waals surface area contributed by atoms with Crippen LogP contribution in [-0.4, -0.2) is 41.6 Å². The van der Waals surface area contributed by atoms with Gasteiger partial charge in [-0.05, 0) is 48.7 Å². The largest absolute Gasteiger partial charge is 0.478 e. The summed E-state index contributed by atoms with van der Waals surface area (Å²) >= 11 is 1.90. The number of anilines is 1. The number of carbonyl (C=O) groups is 1. The van der Waals surface area contributed by atoms with Gasteiger partial charge in [0.2, 0.25) is 5.13 Å². The first kappa shape index (κ1) is 21.6. The van der Waals surface area contributed by atoms with Gasteiger partial charge < -0.3 is 10.0 Å². The Morgan fingerprint density at radius 3 is 2.84 bits per heavy atom. The molecule has 0 spiro atoms. The molecule has 0 unspecified atom stereocenters. The second kappa shape index (κ2) is 8.46. The van der Waals surface area contributed by atoms with Crippen LogP contribution in [0.4, 0.5) is 29.7 Å². The third-order valence-electron chi connectivity index (χ3n) is 4.77.